The normalized spacial score (nSPS) is 18.3. The van der Waals surface area contributed by atoms with Gasteiger partial charge in [-0.3, -0.25) is 14.5 Å². The Balaban J connectivity index is 1.40. The van der Waals surface area contributed by atoms with Gasteiger partial charge in [0.1, 0.15) is 0 Å². The Bertz CT molecular complexity index is 1160. The summed E-state index contributed by atoms with van der Waals surface area (Å²) in [6, 6.07) is 20.2. The predicted molar refractivity (Wildman–Crippen MR) is 106 cm³/mol. The topological polar surface area (TPSA) is 51.3 Å². The van der Waals surface area contributed by atoms with Crippen molar-refractivity contribution in [2.75, 3.05) is 13.1 Å². The molecule has 1 aliphatic heterocycles. The quantitative estimate of drug-likeness (QED) is 0.555. The van der Waals surface area contributed by atoms with E-state index in [1.165, 1.54) is 0 Å². The van der Waals surface area contributed by atoms with Crippen LogP contribution in [0.15, 0.2) is 69.9 Å². The Hall–Kier alpha value is -2.92. The van der Waals surface area contributed by atoms with Crippen molar-refractivity contribution in [1.29, 1.82) is 0 Å². The smallest absolute Gasteiger partial charge is 0.408 e. The number of nitrogens with zero attached hydrogens (tertiary/aromatic N) is 3. The van der Waals surface area contributed by atoms with Crippen LogP contribution in [0, 0.1) is 0 Å². The minimum absolute atomic E-state index is 0.135. The van der Waals surface area contributed by atoms with Crippen LogP contribution < -0.4 is 5.76 Å². The van der Waals surface area contributed by atoms with Crippen LogP contribution in [0.5, 0.6) is 0 Å². The average Bonchev–Trinajstić information content (AvgIpc) is 3.04. The van der Waals surface area contributed by atoms with Gasteiger partial charge in [0.15, 0.2) is 5.58 Å². The Kier molecular flexibility index (Phi) is 4.02. The number of hydrogen-bond acceptors (Lipinski definition) is 4. The van der Waals surface area contributed by atoms with E-state index in [4.69, 9.17) is 9.40 Å². The summed E-state index contributed by atoms with van der Waals surface area (Å²) in [4.78, 5) is 19.6. The fraction of sp³-hybridized carbons (Fsp3) is 0.273. The molecule has 0 bridgehead atoms. The van der Waals surface area contributed by atoms with Crippen molar-refractivity contribution in [3.05, 3.63) is 76.9 Å². The Morgan fingerprint density at radius 2 is 1.89 bits per heavy atom. The summed E-state index contributed by atoms with van der Waals surface area (Å²) in [7, 11) is 0. The van der Waals surface area contributed by atoms with E-state index in [0.717, 1.165) is 54.6 Å². The molecule has 1 fully saturated rings. The molecule has 5 nitrogen and oxygen atoms in total. The zero-order valence-corrected chi connectivity index (χ0v) is 15.0. The number of benzene rings is 2. The van der Waals surface area contributed by atoms with Crippen LogP contribution in [-0.4, -0.2) is 27.5 Å². The minimum atomic E-state index is -0.258. The second-order valence-corrected chi connectivity index (χ2v) is 7.23. The van der Waals surface area contributed by atoms with Crippen molar-refractivity contribution in [2.45, 2.75) is 25.4 Å². The van der Waals surface area contributed by atoms with Gasteiger partial charge in [0, 0.05) is 18.5 Å². The molecule has 1 atom stereocenters. The van der Waals surface area contributed by atoms with Crippen molar-refractivity contribution in [3.63, 3.8) is 0 Å². The maximum atomic E-state index is 12.4. The van der Waals surface area contributed by atoms with Gasteiger partial charge in [-0.1, -0.05) is 36.4 Å². The van der Waals surface area contributed by atoms with Gasteiger partial charge in [-0.25, -0.2) is 4.79 Å². The van der Waals surface area contributed by atoms with Gasteiger partial charge in [-0.2, -0.15) is 0 Å². The molecule has 2 aromatic heterocycles. The van der Waals surface area contributed by atoms with E-state index in [9.17, 15) is 4.79 Å². The average molecular weight is 359 g/mol. The maximum absolute atomic E-state index is 12.4. The lowest BCUT2D eigenvalue weighted by Gasteiger charge is -2.32. The van der Waals surface area contributed by atoms with E-state index in [1.54, 1.807) is 0 Å². The third-order valence-electron chi connectivity index (χ3n) is 5.41. The van der Waals surface area contributed by atoms with Crippen LogP contribution in [0.1, 0.15) is 24.6 Å². The zero-order valence-electron chi connectivity index (χ0n) is 15.0. The van der Waals surface area contributed by atoms with Crippen molar-refractivity contribution >= 4 is 22.0 Å². The first-order valence-corrected chi connectivity index (χ1v) is 9.45. The molecule has 0 N–H and O–H groups in total. The van der Waals surface area contributed by atoms with Crippen molar-refractivity contribution in [1.82, 2.24) is 14.5 Å². The van der Waals surface area contributed by atoms with Crippen LogP contribution in [0.25, 0.3) is 22.0 Å². The molecule has 3 heterocycles. The molecule has 5 heteroatoms. The summed E-state index contributed by atoms with van der Waals surface area (Å²) in [5, 5.41) is 1.16. The van der Waals surface area contributed by atoms with Gasteiger partial charge in [-0.15, -0.1) is 0 Å². The number of hydrogen-bond donors (Lipinski definition) is 0. The molecule has 0 radical (unpaired) electrons. The Morgan fingerprint density at radius 1 is 1.04 bits per heavy atom. The molecule has 4 aromatic rings. The first-order chi connectivity index (χ1) is 13.3. The summed E-state index contributed by atoms with van der Waals surface area (Å²) in [5.74, 6) is -0.258. The number of aromatic nitrogens is 2. The lowest BCUT2D eigenvalue weighted by atomic mass is 10.0. The molecule has 0 saturated carbocycles. The lowest BCUT2D eigenvalue weighted by molar-refractivity contribution is 0.166. The Labute approximate surface area is 156 Å². The van der Waals surface area contributed by atoms with Crippen molar-refractivity contribution in [2.24, 2.45) is 0 Å². The number of fused-ring (bicyclic) bond motifs is 2. The molecule has 1 saturated heterocycles. The van der Waals surface area contributed by atoms with E-state index in [-0.39, 0.29) is 11.8 Å². The first kappa shape index (κ1) is 16.3. The van der Waals surface area contributed by atoms with E-state index >= 15 is 0 Å². The van der Waals surface area contributed by atoms with Gasteiger partial charge in [-0.05, 0) is 43.7 Å². The number of oxazole rings is 1. The second kappa shape index (κ2) is 6.67. The number of likely N-dealkylation sites (tertiary alicyclic amines) is 1. The minimum Gasteiger partial charge on any atom is -0.408 e. The monoisotopic (exact) mass is 359 g/mol. The van der Waals surface area contributed by atoms with Gasteiger partial charge in [0.2, 0.25) is 0 Å². The summed E-state index contributed by atoms with van der Waals surface area (Å²) >= 11 is 0. The third kappa shape index (κ3) is 3.04. The standard InChI is InChI=1S/C22H21N3O2/c26-22-25(20-9-3-4-10-21(20)27-22)18-7-5-13-24(15-18)14-17-12-11-16-6-1-2-8-19(16)23-17/h1-4,6,8-12,18H,5,7,13-15H2/t18-/m1/s1. The molecule has 136 valence electrons. The molecule has 1 aliphatic rings. The van der Waals surface area contributed by atoms with E-state index < -0.39 is 0 Å². The molecular formula is C22H21N3O2. The fourth-order valence-electron chi connectivity index (χ4n) is 4.14. The maximum Gasteiger partial charge on any atom is 0.420 e. The van der Waals surface area contributed by atoms with E-state index in [1.807, 2.05) is 41.0 Å². The highest BCUT2D eigenvalue weighted by Crippen LogP contribution is 2.25. The van der Waals surface area contributed by atoms with Crippen LogP contribution in [0.2, 0.25) is 0 Å². The SMILES string of the molecule is O=c1oc2ccccc2n1[C@@H]1CCCN(Cc2ccc3ccccc3n2)C1. The van der Waals surface area contributed by atoms with Gasteiger partial charge in [0.25, 0.3) is 0 Å². The van der Waals surface area contributed by atoms with Gasteiger partial charge in [0.05, 0.1) is 22.8 Å². The molecule has 0 amide bonds. The molecule has 2 aromatic carbocycles. The zero-order chi connectivity index (χ0) is 18.2. The fourth-order valence-corrected chi connectivity index (χ4v) is 4.14. The van der Waals surface area contributed by atoms with Crippen molar-refractivity contribution < 1.29 is 4.42 Å². The second-order valence-electron chi connectivity index (χ2n) is 7.23. The molecule has 0 aliphatic carbocycles. The summed E-state index contributed by atoms with van der Waals surface area (Å²) in [6.07, 6.45) is 2.05. The van der Waals surface area contributed by atoms with E-state index in [0.29, 0.717) is 5.58 Å². The lowest BCUT2D eigenvalue weighted by Crippen LogP contribution is -2.38. The highest BCUT2D eigenvalue weighted by atomic mass is 16.4. The highest BCUT2D eigenvalue weighted by Gasteiger charge is 2.25. The van der Waals surface area contributed by atoms with Crippen molar-refractivity contribution in [3.8, 4) is 0 Å². The first-order valence-electron chi connectivity index (χ1n) is 9.45. The van der Waals surface area contributed by atoms with Crippen LogP contribution in [0.4, 0.5) is 0 Å². The third-order valence-corrected chi connectivity index (χ3v) is 5.41. The summed E-state index contributed by atoms with van der Waals surface area (Å²) in [6.45, 7) is 2.65. The van der Waals surface area contributed by atoms with Crippen LogP contribution in [-0.2, 0) is 6.54 Å². The molecule has 0 spiro atoms. The van der Waals surface area contributed by atoms with Gasteiger partial charge >= 0.3 is 5.76 Å². The number of piperidine rings is 1. The molecule has 5 rings (SSSR count). The molecule has 27 heavy (non-hydrogen) atoms. The molecular weight excluding hydrogens is 338 g/mol. The number of pyridine rings is 1. The van der Waals surface area contributed by atoms with E-state index in [2.05, 4.69) is 29.2 Å². The number of rotatable bonds is 3. The van der Waals surface area contributed by atoms with Crippen LogP contribution >= 0.6 is 0 Å². The highest BCUT2D eigenvalue weighted by molar-refractivity contribution is 5.78. The summed E-state index contributed by atoms with van der Waals surface area (Å²) in [5.41, 5.74) is 3.65. The Morgan fingerprint density at radius 3 is 2.85 bits per heavy atom. The summed E-state index contributed by atoms with van der Waals surface area (Å²) < 4.78 is 7.26. The predicted octanol–water partition coefficient (Wildman–Crippen LogP) is 3.98. The number of para-hydroxylation sites is 3. The van der Waals surface area contributed by atoms with Crippen LogP contribution in [0.3, 0.4) is 0 Å². The largest absolute Gasteiger partial charge is 0.420 e. The van der Waals surface area contributed by atoms with Gasteiger partial charge < -0.3 is 4.42 Å². The molecule has 0 unspecified atom stereocenters.